The number of carbonyl (C=O) groups is 1. The van der Waals surface area contributed by atoms with Crippen LogP contribution < -0.4 is 10.2 Å². The van der Waals surface area contributed by atoms with Crippen LogP contribution in [0.3, 0.4) is 0 Å². The van der Waals surface area contributed by atoms with Crippen LogP contribution in [0.25, 0.3) is 20.4 Å². The second kappa shape index (κ2) is 6.03. The van der Waals surface area contributed by atoms with Gasteiger partial charge in [0, 0.05) is 17.1 Å². The summed E-state index contributed by atoms with van der Waals surface area (Å²) in [6, 6.07) is 5.67. The maximum absolute atomic E-state index is 11.5. The molecule has 0 aliphatic carbocycles. The first-order valence-electron chi connectivity index (χ1n) is 8.21. The number of aromatic nitrogens is 3. The molecule has 0 radical (unpaired) electrons. The van der Waals surface area contributed by atoms with Gasteiger partial charge >= 0.3 is 11.0 Å². The molecule has 1 aliphatic heterocycles. The minimum absolute atomic E-state index is 0.0820. The fourth-order valence-corrected chi connectivity index (χ4v) is 5.32. The molecule has 1 aromatic carbocycles. The summed E-state index contributed by atoms with van der Waals surface area (Å²) in [6.07, 6.45) is 1.25. The topological polar surface area (TPSA) is 111 Å². The number of thiazole rings is 1. The Morgan fingerprint density at radius 1 is 1.30 bits per heavy atom. The van der Waals surface area contributed by atoms with E-state index in [0.717, 1.165) is 36.6 Å². The minimum Gasteiger partial charge on any atom is -0.465 e. The number of fused-ring (bicyclic) bond motifs is 4. The Morgan fingerprint density at radius 3 is 3.04 bits per heavy atom. The highest BCUT2D eigenvalue weighted by atomic mass is 32.1. The molecule has 0 spiro atoms. The van der Waals surface area contributed by atoms with Crippen LogP contribution in [0.2, 0.25) is 0 Å². The van der Waals surface area contributed by atoms with Crippen molar-refractivity contribution in [2.75, 3.05) is 11.9 Å². The predicted octanol–water partition coefficient (Wildman–Crippen LogP) is 3.37. The zero-order valence-electron chi connectivity index (χ0n) is 13.9. The summed E-state index contributed by atoms with van der Waals surface area (Å²) in [4.78, 5) is 37.5. The van der Waals surface area contributed by atoms with E-state index in [0.29, 0.717) is 25.3 Å². The van der Waals surface area contributed by atoms with E-state index < -0.39 is 6.09 Å². The van der Waals surface area contributed by atoms with E-state index in [9.17, 15) is 14.7 Å². The number of rotatable bonds is 2. The van der Waals surface area contributed by atoms with Gasteiger partial charge in [0.15, 0.2) is 0 Å². The molecule has 8 nitrogen and oxygen atoms in total. The Hall–Kier alpha value is -2.98. The lowest BCUT2D eigenvalue weighted by molar-refractivity contribution is 0.140. The number of hydrogen-bond acceptors (Lipinski definition) is 7. The fourth-order valence-electron chi connectivity index (χ4n) is 3.35. The first kappa shape index (κ1) is 16.2. The molecule has 1 amide bonds. The smallest absolute Gasteiger partial charge is 0.407 e. The van der Waals surface area contributed by atoms with Crippen LogP contribution in [0.1, 0.15) is 10.4 Å². The van der Waals surface area contributed by atoms with Gasteiger partial charge in [-0.25, -0.2) is 14.8 Å². The molecule has 10 heteroatoms. The second-order valence-electron chi connectivity index (χ2n) is 6.21. The number of thiophene rings is 1. The number of nitrogens with one attached hydrogen (secondary N) is 2. The number of benzene rings is 1. The van der Waals surface area contributed by atoms with E-state index in [-0.39, 0.29) is 4.87 Å². The summed E-state index contributed by atoms with van der Waals surface area (Å²) in [6.45, 7) is 0.847. The fraction of sp³-hybridized carbons (Fsp3) is 0.176. The highest BCUT2D eigenvalue weighted by Crippen LogP contribution is 2.38. The Bertz CT molecular complexity index is 1260. The molecule has 3 N–H and O–H groups in total. The van der Waals surface area contributed by atoms with Crippen molar-refractivity contribution in [1.29, 1.82) is 0 Å². The van der Waals surface area contributed by atoms with Gasteiger partial charge in [-0.05, 0) is 30.2 Å². The van der Waals surface area contributed by atoms with Crippen molar-refractivity contribution in [2.45, 2.75) is 13.0 Å². The van der Waals surface area contributed by atoms with E-state index in [1.807, 2.05) is 18.2 Å². The number of hydrogen-bond donors (Lipinski definition) is 3. The van der Waals surface area contributed by atoms with Crippen LogP contribution >= 0.6 is 22.7 Å². The van der Waals surface area contributed by atoms with Gasteiger partial charge in [-0.15, -0.1) is 11.3 Å². The lowest BCUT2D eigenvalue weighted by Crippen LogP contribution is -2.34. The minimum atomic E-state index is -0.902. The summed E-state index contributed by atoms with van der Waals surface area (Å²) in [7, 11) is 0. The SMILES string of the molecule is O=C(O)N1CCc2c(sc3ncnc(Nc4ccc5[nH]c(=O)sc5c4)c23)C1. The molecule has 3 aromatic heterocycles. The Kier molecular flexibility index (Phi) is 3.62. The molecular weight excluding hydrogens is 386 g/mol. The third kappa shape index (κ3) is 2.73. The van der Waals surface area contributed by atoms with Gasteiger partial charge in [0.2, 0.25) is 0 Å². The Balaban J connectivity index is 1.57. The largest absolute Gasteiger partial charge is 0.465 e. The average Bonchev–Trinajstić information content (AvgIpc) is 3.20. The number of aromatic amines is 1. The quantitative estimate of drug-likeness (QED) is 0.477. The van der Waals surface area contributed by atoms with Gasteiger partial charge in [-0.2, -0.15) is 0 Å². The summed E-state index contributed by atoms with van der Waals surface area (Å²) in [5.41, 5.74) is 2.76. The van der Waals surface area contributed by atoms with E-state index >= 15 is 0 Å². The van der Waals surface area contributed by atoms with E-state index in [2.05, 4.69) is 20.3 Å². The van der Waals surface area contributed by atoms with Crippen molar-refractivity contribution in [3.05, 3.63) is 44.6 Å². The molecule has 0 atom stereocenters. The van der Waals surface area contributed by atoms with Crippen molar-refractivity contribution < 1.29 is 9.90 Å². The molecular formula is C17H13N5O3S2. The van der Waals surface area contributed by atoms with Crippen LogP contribution in [-0.4, -0.2) is 37.6 Å². The van der Waals surface area contributed by atoms with Crippen LogP contribution in [0.15, 0.2) is 29.3 Å². The first-order valence-corrected chi connectivity index (χ1v) is 9.85. The summed E-state index contributed by atoms with van der Waals surface area (Å²) >= 11 is 2.68. The zero-order chi connectivity index (χ0) is 18.5. The molecule has 4 aromatic rings. The van der Waals surface area contributed by atoms with Crippen molar-refractivity contribution in [3.63, 3.8) is 0 Å². The molecule has 0 bridgehead atoms. The van der Waals surface area contributed by atoms with Crippen molar-refractivity contribution in [2.24, 2.45) is 0 Å². The lowest BCUT2D eigenvalue weighted by atomic mass is 10.1. The second-order valence-corrected chi connectivity index (χ2v) is 8.31. The van der Waals surface area contributed by atoms with Crippen LogP contribution in [0.5, 0.6) is 0 Å². The summed E-state index contributed by atoms with van der Waals surface area (Å²) in [5, 5.41) is 13.5. The van der Waals surface area contributed by atoms with Crippen molar-refractivity contribution >= 4 is 60.7 Å². The molecule has 136 valence electrons. The predicted molar refractivity (Wildman–Crippen MR) is 105 cm³/mol. The maximum Gasteiger partial charge on any atom is 0.407 e. The van der Waals surface area contributed by atoms with Crippen molar-refractivity contribution in [3.8, 4) is 0 Å². The molecule has 27 heavy (non-hydrogen) atoms. The number of carboxylic acid groups (broad SMARTS) is 1. The number of anilines is 2. The highest BCUT2D eigenvalue weighted by molar-refractivity contribution is 7.19. The van der Waals surface area contributed by atoms with Gasteiger partial charge in [0.1, 0.15) is 17.0 Å². The number of H-pyrrole nitrogens is 1. The molecule has 0 saturated heterocycles. The molecule has 1 aliphatic rings. The molecule has 0 unspecified atom stereocenters. The standard InChI is InChI=1S/C17H13N5O3S2/c23-16-21-10-2-1-8(5-11(10)27-16)20-14-13-9-3-4-22(17(24)25)6-12(9)26-15(13)19-7-18-14/h1-2,5,7H,3-4,6H2,(H,21,23)(H,24,25)(H,18,19,20). The van der Waals surface area contributed by atoms with Gasteiger partial charge < -0.3 is 20.3 Å². The lowest BCUT2D eigenvalue weighted by Gasteiger charge is -2.24. The average molecular weight is 399 g/mol. The van der Waals surface area contributed by atoms with Gasteiger partial charge in [-0.3, -0.25) is 4.79 Å². The first-order chi connectivity index (χ1) is 13.1. The molecule has 0 fully saturated rings. The maximum atomic E-state index is 11.5. The zero-order valence-corrected chi connectivity index (χ0v) is 15.5. The van der Waals surface area contributed by atoms with Crippen LogP contribution in [0, 0.1) is 0 Å². The number of nitrogens with zero attached hydrogens (tertiary/aromatic N) is 3. The normalized spacial score (nSPS) is 13.9. The molecule has 4 heterocycles. The summed E-state index contributed by atoms with van der Waals surface area (Å²) in [5.74, 6) is 0.698. The van der Waals surface area contributed by atoms with E-state index in [4.69, 9.17) is 0 Å². The van der Waals surface area contributed by atoms with Crippen LogP contribution in [0.4, 0.5) is 16.3 Å². The van der Waals surface area contributed by atoms with Gasteiger partial charge in [0.05, 0.1) is 22.1 Å². The molecule has 5 rings (SSSR count). The Labute approximate surface area is 160 Å². The molecule has 0 saturated carbocycles. The Morgan fingerprint density at radius 2 is 2.19 bits per heavy atom. The summed E-state index contributed by atoms with van der Waals surface area (Å²) < 4.78 is 0.875. The monoisotopic (exact) mass is 399 g/mol. The van der Waals surface area contributed by atoms with Gasteiger partial charge in [-0.1, -0.05) is 11.3 Å². The van der Waals surface area contributed by atoms with Crippen molar-refractivity contribution in [1.82, 2.24) is 19.9 Å². The van der Waals surface area contributed by atoms with Crippen LogP contribution in [-0.2, 0) is 13.0 Å². The van der Waals surface area contributed by atoms with E-state index in [1.165, 1.54) is 33.9 Å². The third-order valence-electron chi connectivity index (χ3n) is 4.59. The highest BCUT2D eigenvalue weighted by Gasteiger charge is 2.26. The van der Waals surface area contributed by atoms with E-state index in [1.54, 1.807) is 0 Å². The third-order valence-corrected chi connectivity index (χ3v) is 6.56. The number of amides is 1. The van der Waals surface area contributed by atoms with Gasteiger partial charge in [0.25, 0.3) is 0 Å².